The van der Waals surface area contributed by atoms with Crippen molar-refractivity contribution < 1.29 is 38.7 Å². The van der Waals surface area contributed by atoms with Crippen LogP contribution in [-0.2, 0) is 33.6 Å². The van der Waals surface area contributed by atoms with E-state index in [1.165, 1.54) is 0 Å². The number of carboxylic acids is 1. The first-order valence-electron chi connectivity index (χ1n) is 12.0. The van der Waals surface area contributed by atoms with Gasteiger partial charge in [-0.05, 0) is 32.2 Å². The number of nitrogens with two attached hydrogens (primary N) is 4. The summed E-state index contributed by atoms with van der Waals surface area (Å²) in [6, 6.07) is -6.62. The fourth-order valence-corrected chi connectivity index (χ4v) is 3.50. The number of carbonyl (C=O) groups excluding carboxylic acids is 6. The molecule has 0 aliphatic heterocycles. The highest BCUT2D eigenvalue weighted by molar-refractivity contribution is 7.80. The van der Waals surface area contributed by atoms with E-state index in [-0.39, 0.29) is 30.8 Å². The molecule has 0 saturated heterocycles. The highest BCUT2D eigenvalue weighted by atomic mass is 32.1. The van der Waals surface area contributed by atoms with Crippen LogP contribution < -0.4 is 44.2 Å². The zero-order valence-electron chi connectivity index (χ0n) is 21.3. The monoisotopic (exact) mass is 594 g/mol. The zero-order valence-corrected chi connectivity index (χ0v) is 23.0. The molecule has 0 spiro atoms. The lowest BCUT2D eigenvalue weighted by Crippen LogP contribution is -2.59. The van der Waals surface area contributed by atoms with Gasteiger partial charge < -0.3 is 49.3 Å². The van der Waals surface area contributed by atoms with Gasteiger partial charge in [0.15, 0.2) is 0 Å². The number of rotatable bonds is 20. The molecule has 0 aromatic heterocycles. The lowest BCUT2D eigenvalue weighted by Gasteiger charge is -2.26. The molecule has 13 N–H and O–H groups in total. The van der Waals surface area contributed by atoms with E-state index >= 15 is 0 Å². The van der Waals surface area contributed by atoms with Crippen LogP contribution in [0.4, 0.5) is 0 Å². The molecule has 0 aromatic rings. The number of amides is 6. The molecule has 6 amide bonds. The number of thiol groups is 2. The third kappa shape index (κ3) is 14.6. The molecule has 18 heteroatoms. The summed E-state index contributed by atoms with van der Waals surface area (Å²) in [5, 5.41) is 18.5. The first kappa shape index (κ1) is 35.9. The Bertz CT molecular complexity index is 894. The summed E-state index contributed by atoms with van der Waals surface area (Å²) in [6.07, 6.45) is -0.312. The van der Waals surface area contributed by atoms with E-state index in [4.69, 9.17) is 22.9 Å². The first-order valence-corrected chi connectivity index (χ1v) is 13.2. The van der Waals surface area contributed by atoms with E-state index in [9.17, 15) is 38.7 Å². The van der Waals surface area contributed by atoms with Crippen molar-refractivity contribution in [2.24, 2.45) is 22.9 Å². The second-order valence-corrected chi connectivity index (χ2v) is 9.24. The van der Waals surface area contributed by atoms with Gasteiger partial charge in [-0.2, -0.15) is 25.3 Å². The van der Waals surface area contributed by atoms with Gasteiger partial charge in [0, 0.05) is 17.9 Å². The average Bonchev–Trinajstić information content (AvgIpc) is 2.86. The quantitative estimate of drug-likeness (QED) is 0.0474. The van der Waals surface area contributed by atoms with Gasteiger partial charge in [0.2, 0.25) is 35.4 Å². The minimum atomic E-state index is -1.51. The second kappa shape index (κ2) is 19.0. The SMILES string of the molecule is NCCCC[C@H](NC(=O)[C@H](CCC(N)=O)NC(=O)[C@H](CC(N)=O)NC(=O)[C@@H](N)CS)C(=O)N[C@@H](CS)C(=O)O. The number of nitrogens with one attached hydrogen (secondary N) is 4. The third-order valence-electron chi connectivity index (χ3n) is 5.26. The Morgan fingerprint density at radius 3 is 1.59 bits per heavy atom. The Hall–Kier alpha value is -3.09. The van der Waals surface area contributed by atoms with E-state index in [0.717, 1.165) is 0 Å². The summed E-state index contributed by atoms with van der Waals surface area (Å²) in [5.74, 6) is -6.89. The molecule has 0 fully saturated rings. The number of carbonyl (C=O) groups is 7. The van der Waals surface area contributed by atoms with Gasteiger partial charge in [0.05, 0.1) is 12.5 Å². The fourth-order valence-electron chi connectivity index (χ4n) is 3.09. The Balaban J connectivity index is 5.86. The second-order valence-electron chi connectivity index (χ2n) is 8.51. The van der Waals surface area contributed by atoms with Crippen LogP contribution in [-0.4, -0.2) is 94.8 Å². The summed E-state index contributed by atoms with van der Waals surface area (Å²) in [6.45, 7) is 0.303. The maximum atomic E-state index is 13.1. The molecule has 5 atom stereocenters. The maximum absolute atomic E-state index is 13.1. The molecule has 0 aliphatic carbocycles. The molecule has 0 unspecified atom stereocenters. The molecule has 16 nitrogen and oxygen atoms in total. The maximum Gasteiger partial charge on any atom is 0.327 e. The van der Waals surface area contributed by atoms with Crippen LogP contribution in [0.1, 0.15) is 38.5 Å². The molecule has 39 heavy (non-hydrogen) atoms. The fraction of sp³-hybridized carbons (Fsp3) is 0.667. The Morgan fingerprint density at radius 2 is 1.15 bits per heavy atom. The van der Waals surface area contributed by atoms with Crippen LogP contribution in [0.5, 0.6) is 0 Å². The molecule has 0 radical (unpaired) electrons. The number of unbranched alkanes of at least 4 members (excludes halogenated alkanes) is 1. The Kier molecular flexibility index (Phi) is 17.5. The van der Waals surface area contributed by atoms with Gasteiger partial charge in [0.1, 0.15) is 24.2 Å². The van der Waals surface area contributed by atoms with Gasteiger partial charge in [-0.1, -0.05) is 0 Å². The van der Waals surface area contributed by atoms with Crippen molar-refractivity contribution in [3.05, 3.63) is 0 Å². The van der Waals surface area contributed by atoms with E-state index in [1.807, 2.05) is 0 Å². The highest BCUT2D eigenvalue weighted by Gasteiger charge is 2.32. The van der Waals surface area contributed by atoms with Crippen LogP contribution in [0.2, 0.25) is 0 Å². The van der Waals surface area contributed by atoms with Crippen LogP contribution in [0.15, 0.2) is 0 Å². The molecule has 0 saturated carbocycles. The van der Waals surface area contributed by atoms with Crippen molar-refractivity contribution in [1.29, 1.82) is 0 Å². The molecular weight excluding hydrogens is 556 g/mol. The van der Waals surface area contributed by atoms with Gasteiger partial charge in [0.25, 0.3) is 0 Å². The van der Waals surface area contributed by atoms with Gasteiger partial charge in [-0.3, -0.25) is 28.8 Å². The van der Waals surface area contributed by atoms with Crippen LogP contribution in [0, 0.1) is 0 Å². The summed E-state index contributed by atoms with van der Waals surface area (Å²) in [7, 11) is 0. The molecule has 0 aliphatic rings. The minimum absolute atomic E-state index is 0.0655. The molecule has 0 rings (SSSR count). The van der Waals surface area contributed by atoms with E-state index in [2.05, 4.69) is 46.5 Å². The average molecular weight is 595 g/mol. The first-order chi connectivity index (χ1) is 18.3. The third-order valence-corrected chi connectivity index (χ3v) is 6.02. The largest absolute Gasteiger partial charge is 0.480 e. The van der Waals surface area contributed by atoms with Crippen molar-refractivity contribution in [2.45, 2.75) is 68.7 Å². The van der Waals surface area contributed by atoms with Gasteiger partial charge >= 0.3 is 5.97 Å². The van der Waals surface area contributed by atoms with E-state index < -0.39 is 78.0 Å². The molecule has 0 heterocycles. The van der Waals surface area contributed by atoms with E-state index in [0.29, 0.717) is 19.4 Å². The Labute approximate surface area is 236 Å². The summed E-state index contributed by atoms with van der Waals surface area (Å²) in [5.41, 5.74) is 21.4. The van der Waals surface area contributed by atoms with Crippen molar-refractivity contribution in [3.63, 3.8) is 0 Å². The number of primary amides is 2. The van der Waals surface area contributed by atoms with Crippen molar-refractivity contribution >= 4 is 66.7 Å². The lowest BCUT2D eigenvalue weighted by atomic mass is 10.0. The van der Waals surface area contributed by atoms with Crippen molar-refractivity contribution in [2.75, 3.05) is 18.1 Å². The minimum Gasteiger partial charge on any atom is -0.480 e. The van der Waals surface area contributed by atoms with E-state index in [1.54, 1.807) is 0 Å². The summed E-state index contributed by atoms with van der Waals surface area (Å²) >= 11 is 7.78. The standard InChI is InChI=1S/C21H38N8O8S2/c22-6-2-1-3-11(18(33)29-14(9-39)21(36)37)26-19(34)12(4-5-15(24)30)27-20(35)13(7-16(25)31)28-17(32)10(23)8-38/h10-14,38-39H,1-9,22-23H2,(H2,24,30)(H2,25,31)(H,26,34)(H,27,35)(H,28,32)(H,29,33)(H,36,37)/t10-,11-,12-,13-,14-/m0/s1. The highest BCUT2D eigenvalue weighted by Crippen LogP contribution is 2.06. The normalized spacial score (nSPS) is 14.6. The van der Waals surface area contributed by atoms with Gasteiger partial charge in [-0.25, -0.2) is 4.79 Å². The van der Waals surface area contributed by atoms with Crippen LogP contribution in [0.25, 0.3) is 0 Å². The lowest BCUT2D eigenvalue weighted by molar-refractivity contribution is -0.141. The number of hydrogen-bond acceptors (Lipinski definition) is 11. The molecule has 0 bridgehead atoms. The van der Waals surface area contributed by atoms with Crippen molar-refractivity contribution in [1.82, 2.24) is 21.3 Å². The van der Waals surface area contributed by atoms with Crippen LogP contribution in [0.3, 0.4) is 0 Å². The topological polar surface area (TPSA) is 292 Å². The van der Waals surface area contributed by atoms with Crippen molar-refractivity contribution in [3.8, 4) is 0 Å². The van der Waals surface area contributed by atoms with Crippen LogP contribution >= 0.6 is 25.3 Å². The Morgan fingerprint density at radius 1 is 0.667 bits per heavy atom. The summed E-state index contributed by atoms with van der Waals surface area (Å²) in [4.78, 5) is 85.1. The number of hydrogen-bond donors (Lipinski definition) is 11. The van der Waals surface area contributed by atoms with Gasteiger partial charge in [-0.15, -0.1) is 0 Å². The molecule has 222 valence electrons. The smallest absolute Gasteiger partial charge is 0.327 e. The number of carboxylic acid groups (broad SMARTS) is 1. The predicted octanol–water partition coefficient (Wildman–Crippen LogP) is -4.53. The molecule has 0 aromatic carbocycles. The molecular formula is C21H38N8O8S2. The zero-order chi connectivity index (χ0) is 30.1. The summed E-state index contributed by atoms with van der Waals surface area (Å²) < 4.78 is 0. The predicted molar refractivity (Wildman–Crippen MR) is 146 cm³/mol. The number of aliphatic carboxylic acids is 1.